The monoisotopic (exact) mass is 520 g/mol. The molecule has 2 aromatic rings. The third-order valence-electron chi connectivity index (χ3n) is 6.81. The summed E-state index contributed by atoms with van der Waals surface area (Å²) >= 11 is 0. The van der Waals surface area contributed by atoms with Gasteiger partial charge in [0.2, 0.25) is 0 Å². The first-order valence-electron chi connectivity index (χ1n) is 15.4. The fourth-order valence-electron chi connectivity index (χ4n) is 4.46. The van der Waals surface area contributed by atoms with Crippen molar-refractivity contribution < 1.29 is 0 Å². The van der Waals surface area contributed by atoms with Crippen molar-refractivity contribution in [1.29, 1.82) is 0 Å². The molecule has 0 amide bonds. The van der Waals surface area contributed by atoms with Crippen LogP contribution in [0.25, 0.3) is 5.57 Å². The normalized spacial score (nSPS) is 10.2. The van der Waals surface area contributed by atoms with Crippen LogP contribution in [0, 0.1) is 6.92 Å². The molecule has 0 heterocycles. The van der Waals surface area contributed by atoms with Gasteiger partial charge in [-0.2, -0.15) is 0 Å². The average molecular weight is 521 g/mol. The molecule has 0 atom stereocenters. The van der Waals surface area contributed by atoms with Crippen molar-refractivity contribution in [1.82, 2.24) is 10.2 Å². The van der Waals surface area contributed by atoms with E-state index in [0.717, 1.165) is 44.3 Å². The number of allylic oxidation sites excluding steroid dienone is 2. The van der Waals surface area contributed by atoms with Gasteiger partial charge in [0.1, 0.15) is 0 Å². The lowest BCUT2D eigenvalue weighted by atomic mass is 9.97. The van der Waals surface area contributed by atoms with Crippen LogP contribution < -0.4 is 5.32 Å². The molecule has 0 aliphatic heterocycles. The molecule has 2 rings (SSSR count). The molecule has 0 aliphatic rings. The molecule has 0 aromatic heterocycles. The van der Waals surface area contributed by atoms with E-state index in [0.29, 0.717) is 0 Å². The highest BCUT2D eigenvalue weighted by Gasteiger charge is 2.04. The second-order valence-corrected chi connectivity index (χ2v) is 9.84. The summed E-state index contributed by atoms with van der Waals surface area (Å²) in [5.41, 5.74) is 9.34. The van der Waals surface area contributed by atoms with E-state index < -0.39 is 0 Å². The maximum Gasteiger partial charge on any atom is 0.0184 e. The van der Waals surface area contributed by atoms with E-state index in [2.05, 4.69) is 107 Å². The number of benzene rings is 2. The van der Waals surface area contributed by atoms with Crippen molar-refractivity contribution in [3.05, 3.63) is 89.1 Å². The van der Waals surface area contributed by atoms with Crippen LogP contribution in [0.15, 0.2) is 61.3 Å². The van der Waals surface area contributed by atoms with Gasteiger partial charge in [0.15, 0.2) is 0 Å². The molecule has 0 radical (unpaired) electrons. The van der Waals surface area contributed by atoms with Gasteiger partial charge < -0.3 is 10.2 Å². The van der Waals surface area contributed by atoms with E-state index in [1.165, 1.54) is 72.3 Å². The van der Waals surface area contributed by atoms with E-state index in [-0.39, 0.29) is 0 Å². The number of aryl methyl sites for hydroxylation is 3. The summed E-state index contributed by atoms with van der Waals surface area (Å²) in [6, 6.07) is 15.6. The van der Waals surface area contributed by atoms with E-state index in [1.54, 1.807) is 0 Å². The first-order chi connectivity index (χ1) is 18.4. The van der Waals surface area contributed by atoms with Crippen LogP contribution in [0.2, 0.25) is 0 Å². The van der Waals surface area contributed by atoms with Gasteiger partial charge in [-0.05, 0) is 99.3 Å². The molecule has 0 fully saturated rings. The van der Waals surface area contributed by atoms with Crippen molar-refractivity contribution in [2.45, 2.75) is 107 Å². The molecular weight excluding hydrogens is 460 g/mol. The molecule has 1 N–H and O–H groups in total. The summed E-state index contributed by atoms with van der Waals surface area (Å²) in [6.07, 6.45) is 8.95. The second kappa shape index (κ2) is 22.6. The van der Waals surface area contributed by atoms with Gasteiger partial charge in [-0.25, -0.2) is 0 Å². The number of hydrogen-bond donors (Lipinski definition) is 1. The fourth-order valence-corrected chi connectivity index (χ4v) is 4.46. The molecular formula is C36H60N2. The van der Waals surface area contributed by atoms with E-state index in [9.17, 15) is 0 Å². The van der Waals surface area contributed by atoms with Gasteiger partial charge >= 0.3 is 0 Å². The molecule has 2 nitrogen and oxygen atoms in total. The third-order valence-corrected chi connectivity index (χ3v) is 6.81. The smallest absolute Gasteiger partial charge is 0.0184 e. The Morgan fingerprint density at radius 2 is 1.45 bits per heavy atom. The quantitative estimate of drug-likeness (QED) is 0.237. The van der Waals surface area contributed by atoms with E-state index in [1.807, 2.05) is 13.8 Å². The van der Waals surface area contributed by atoms with Gasteiger partial charge in [-0.3, -0.25) is 0 Å². The molecule has 0 aliphatic carbocycles. The fraction of sp³-hybridized carbons (Fsp3) is 0.556. The Bertz CT molecular complexity index is 875. The maximum atomic E-state index is 4.24. The summed E-state index contributed by atoms with van der Waals surface area (Å²) in [4.78, 5) is 2.43. The van der Waals surface area contributed by atoms with Gasteiger partial charge in [-0.15, -0.1) is 0 Å². The number of hydrogen-bond acceptors (Lipinski definition) is 2. The molecule has 0 bridgehead atoms. The predicted octanol–water partition coefficient (Wildman–Crippen LogP) is 9.80. The zero-order chi connectivity index (χ0) is 28.8. The molecule has 2 heteroatoms. The summed E-state index contributed by atoms with van der Waals surface area (Å²) in [5.74, 6) is 0. The summed E-state index contributed by atoms with van der Waals surface area (Å²) < 4.78 is 0. The molecule has 214 valence electrons. The highest BCUT2D eigenvalue weighted by atomic mass is 15.1. The van der Waals surface area contributed by atoms with Crippen LogP contribution in [0.5, 0.6) is 0 Å². The van der Waals surface area contributed by atoms with Crippen molar-refractivity contribution >= 4 is 5.57 Å². The molecule has 0 saturated heterocycles. The minimum atomic E-state index is 0.953. The molecule has 0 saturated carbocycles. The van der Waals surface area contributed by atoms with Crippen LogP contribution in [0.4, 0.5) is 0 Å². The predicted molar refractivity (Wildman–Crippen MR) is 174 cm³/mol. The summed E-state index contributed by atoms with van der Waals surface area (Å²) in [5, 5.41) is 3.51. The maximum absolute atomic E-state index is 4.24. The lowest BCUT2D eigenvalue weighted by Gasteiger charge is -2.15. The zero-order valence-electron chi connectivity index (χ0n) is 26.4. The van der Waals surface area contributed by atoms with Crippen LogP contribution in [-0.4, -0.2) is 31.1 Å². The Morgan fingerprint density at radius 1 is 0.789 bits per heavy atom. The Balaban J connectivity index is 0.00000117. The van der Waals surface area contributed by atoms with Gasteiger partial charge in [0, 0.05) is 12.2 Å². The third kappa shape index (κ3) is 15.2. The van der Waals surface area contributed by atoms with Gasteiger partial charge in [-0.1, -0.05) is 116 Å². The largest absolute Gasteiger partial charge is 0.388 e. The first kappa shape index (κ1) is 35.7. The Hall–Kier alpha value is -2.32. The van der Waals surface area contributed by atoms with Crippen molar-refractivity contribution in [3.63, 3.8) is 0 Å². The lowest BCUT2D eigenvalue weighted by Crippen LogP contribution is -2.23. The second-order valence-electron chi connectivity index (χ2n) is 9.84. The number of rotatable bonds is 16. The molecule has 0 spiro atoms. The van der Waals surface area contributed by atoms with Crippen LogP contribution in [0.3, 0.4) is 0 Å². The standard InChI is InChI=1S/C27H37N.C7H17N.C2H6/c1-6-9-27-20-24(14-17-25(27)7-2)18-19-28-23(5)11-8-10-22(4)26-15-12-21(3)13-16-26;1-4-7-8(5-2)6-3;1-2/h12-17,20,28H,4-11,18-19H2,1-3H3;4-7H2,1-3H3;1-2H3. The topological polar surface area (TPSA) is 15.3 Å². The lowest BCUT2D eigenvalue weighted by molar-refractivity contribution is 0.304. The van der Waals surface area contributed by atoms with Crippen LogP contribution in [-0.2, 0) is 19.3 Å². The first-order valence-corrected chi connectivity index (χ1v) is 15.4. The van der Waals surface area contributed by atoms with Gasteiger partial charge in [0.05, 0.1) is 0 Å². The number of nitrogens with zero attached hydrogens (tertiary/aromatic N) is 1. The average Bonchev–Trinajstić information content (AvgIpc) is 2.94. The highest BCUT2D eigenvalue weighted by Crippen LogP contribution is 2.20. The Labute approximate surface area is 237 Å². The summed E-state index contributed by atoms with van der Waals surface area (Å²) in [6.45, 7) is 30.3. The Kier molecular flexibility index (Phi) is 21.3. The minimum absolute atomic E-state index is 0.953. The van der Waals surface area contributed by atoms with Crippen LogP contribution in [0.1, 0.15) is 108 Å². The van der Waals surface area contributed by atoms with Crippen molar-refractivity contribution in [3.8, 4) is 0 Å². The van der Waals surface area contributed by atoms with Crippen LogP contribution >= 0.6 is 0 Å². The Morgan fingerprint density at radius 3 is 1.97 bits per heavy atom. The van der Waals surface area contributed by atoms with Gasteiger partial charge in [0.25, 0.3) is 0 Å². The molecule has 2 aromatic carbocycles. The molecule has 0 unspecified atom stereocenters. The SMILES string of the molecule is C=C(CCCC(=C)c1ccc(C)cc1)NCCc1ccc(CC)c(CCC)c1.CC.CCCN(CC)CC. The van der Waals surface area contributed by atoms with Crippen molar-refractivity contribution in [2.24, 2.45) is 0 Å². The summed E-state index contributed by atoms with van der Waals surface area (Å²) in [7, 11) is 0. The van der Waals surface area contributed by atoms with E-state index >= 15 is 0 Å². The van der Waals surface area contributed by atoms with E-state index in [4.69, 9.17) is 0 Å². The highest BCUT2D eigenvalue weighted by molar-refractivity contribution is 5.63. The molecule has 38 heavy (non-hydrogen) atoms. The zero-order valence-corrected chi connectivity index (χ0v) is 26.4. The number of nitrogens with one attached hydrogen (secondary N) is 1. The van der Waals surface area contributed by atoms with Crippen molar-refractivity contribution in [2.75, 3.05) is 26.2 Å². The minimum Gasteiger partial charge on any atom is -0.388 e.